The first-order chi connectivity index (χ1) is 19.7. The summed E-state index contributed by atoms with van der Waals surface area (Å²) in [6, 6.07) is 0.0793. The van der Waals surface area contributed by atoms with Gasteiger partial charge in [0.25, 0.3) is 0 Å². The molecule has 0 aromatic carbocycles. The molecule has 3 N–H and O–H groups in total. The average molecular weight is 598 g/mol. The number of hydrogen-bond donors (Lipinski definition) is 3. The predicted molar refractivity (Wildman–Crippen MR) is 169 cm³/mol. The first-order valence-corrected chi connectivity index (χ1v) is 17.2. The van der Waals surface area contributed by atoms with Crippen molar-refractivity contribution in [2.45, 2.75) is 138 Å². The van der Waals surface area contributed by atoms with Gasteiger partial charge in [0.2, 0.25) is 5.91 Å². The third kappa shape index (κ3) is 4.73. The van der Waals surface area contributed by atoms with Gasteiger partial charge in [0.15, 0.2) is 0 Å². The summed E-state index contributed by atoms with van der Waals surface area (Å²) >= 11 is 0. The summed E-state index contributed by atoms with van der Waals surface area (Å²) in [5.74, 6) is 0.515. The molecule has 10 atom stereocenters. The first kappa shape index (κ1) is 32.5. The van der Waals surface area contributed by atoms with Crippen LogP contribution < -0.4 is 5.32 Å². The van der Waals surface area contributed by atoms with Crippen LogP contribution in [-0.4, -0.2) is 34.1 Å². The third-order valence-corrected chi connectivity index (χ3v) is 15.1. The normalized spacial score (nSPS) is 45.1. The van der Waals surface area contributed by atoms with E-state index >= 15 is 0 Å². The van der Waals surface area contributed by atoms with Crippen molar-refractivity contribution in [1.82, 2.24) is 5.32 Å². The second kappa shape index (κ2) is 10.3. The summed E-state index contributed by atoms with van der Waals surface area (Å²) in [4.78, 5) is 37.4. The molecule has 0 spiro atoms. The lowest BCUT2D eigenvalue weighted by Crippen LogP contribution is -2.68. The number of allylic oxidation sites excluding steroid dienone is 1. The highest BCUT2D eigenvalue weighted by atomic mass is 16.4. The number of carboxylic acids is 2. The molecule has 5 fully saturated rings. The molecule has 6 nitrogen and oxygen atoms in total. The molecule has 5 saturated carbocycles. The molecule has 5 aliphatic carbocycles. The smallest absolute Gasteiger partial charge is 0.309 e. The minimum absolute atomic E-state index is 0.0171. The maximum atomic E-state index is 13.2. The number of carbonyl (C=O) groups is 3. The van der Waals surface area contributed by atoms with Gasteiger partial charge in [-0.2, -0.15) is 0 Å². The van der Waals surface area contributed by atoms with Gasteiger partial charge in [-0.3, -0.25) is 14.4 Å². The number of hydrogen-bond acceptors (Lipinski definition) is 3. The maximum Gasteiger partial charge on any atom is 0.309 e. The van der Waals surface area contributed by atoms with E-state index in [9.17, 15) is 24.6 Å². The molecule has 43 heavy (non-hydrogen) atoms. The predicted octanol–water partition coefficient (Wildman–Crippen LogP) is 8.10. The van der Waals surface area contributed by atoms with Crippen LogP contribution in [0.15, 0.2) is 12.2 Å². The molecule has 5 rings (SSSR count). The van der Waals surface area contributed by atoms with Crippen molar-refractivity contribution >= 4 is 17.8 Å². The monoisotopic (exact) mass is 597 g/mol. The summed E-state index contributed by atoms with van der Waals surface area (Å²) in [6.07, 6.45) is 10.4. The van der Waals surface area contributed by atoms with Crippen LogP contribution in [0.5, 0.6) is 0 Å². The van der Waals surface area contributed by atoms with E-state index < -0.39 is 22.8 Å². The molecule has 242 valence electrons. The van der Waals surface area contributed by atoms with Crippen molar-refractivity contribution in [1.29, 1.82) is 0 Å². The van der Waals surface area contributed by atoms with Gasteiger partial charge in [-0.05, 0) is 128 Å². The summed E-state index contributed by atoms with van der Waals surface area (Å²) in [6.45, 7) is 22.6. The van der Waals surface area contributed by atoms with Crippen molar-refractivity contribution in [3.05, 3.63) is 12.2 Å². The van der Waals surface area contributed by atoms with E-state index in [0.29, 0.717) is 23.7 Å². The Morgan fingerprint density at radius 2 is 1.49 bits per heavy atom. The largest absolute Gasteiger partial charge is 0.481 e. The van der Waals surface area contributed by atoms with Crippen molar-refractivity contribution in [3.63, 3.8) is 0 Å². The minimum atomic E-state index is -0.866. The van der Waals surface area contributed by atoms with Gasteiger partial charge in [-0.1, -0.05) is 60.6 Å². The lowest BCUT2D eigenvalue weighted by atomic mass is 9.32. The Hall–Kier alpha value is -1.85. The van der Waals surface area contributed by atoms with E-state index in [0.717, 1.165) is 64.2 Å². The van der Waals surface area contributed by atoms with Crippen LogP contribution in [0, 0.1) is 62.1 Å². The van der Waals surface area contributed by atoms with Gasteiger partial charge in [0, 0.05) is 12.5 Å². The molecule has 0 unspecified atom stereocenters. The van der Waals surface area contributed by atoms with Crippen LogP contribution in [0.3, 0.4) is 0 Å². The minimum Gasteiger partial charge on any atom is -0.481 e. The van der Waals surface area contributed by atoms with Gasteiger partial charge in [0.05, 0.1) is 11.8 Å². The summed E-state index contributed by atoms with van der Waals surface area (Å²) in [7, 11) is 0. The van der Waals surface area contributed by atoms with E-state index in [1.807, 2.05) is 13.8 Å². The van der Waals surface area contributed by atoms with Crippen LogP contribution in [-0.2, 0) is 14.4 Å². The van der Waals surface area contributed by atoms with E-state index in [-0.39, 0.29) is 52.4 Å². The fourth-order valence-electron chi connectivity index (χ4n) is 12.9. The number of carboxylic acid groups (broad SMARTS) is 2. The van der Waals surface area contributed by atoms with Crippen LogP contribution in [0.1, 0.15) is 132 Å². The molecule has 0 aliphatic heterocycles. The van der Waals surface area contributed by atoms with E-state index in [2.05, 4.69) is 53.4 Å². The maximum absolute atomic E-state index is 13.2. The molecular weight excluding hydrogens is 538 g/mol. The highest BCUT2D eigenvalue weighted by Gasteiger charge is 2.72. The second-order valence-electron chi connectivity index (χ2n) is 18.0. The van der Waals surface area contributed by atoms with Crippen LogP contribution in [0.25, 0.3) is 0 Å². The average Bonchev–Trinajstić information content (AvgIpc) is 3.26. The topological polar surface area (TPSA) is 104 Å². The van der Waals surface area contributed by atoms with Crippen molar-refractivity contribution in [3.8, 4) is 0 Å². The fraction of sp³-hybridized carbons (Fsp3) is 0.865. The fourth-order valence-corrected chi connectivity index (χ4v) is 12.9. The standard InChI is InChI=1S/C37H59NO5/c1-22(2)23-12-17-37(31(42)43)19-18-35(8)24(30(23)37)10-11-26-34(7)15-14-27(33(5,6)25(34)13-16-36(26,35)9)38-28(39)20-32(3,4)21-29(40)41/h23-27,30H,1,10-21H2,2-9H3,(H,38,39)(H,40,41)(H,42,43)/t23-,24+,25-,26+,27-,30+,34-,35+,36+,37-/m0/s1. The van der Waals surface area contributed by atoms with Gasteiger partial charge >= 0.3 is 11.9 Å². The van der Waals surface area contributed by atoms with Crippen molar-refractivity contribution < 1.29 is 24.6 Å². The quantitative estimate of drug-likeness (QED) is 0.257. The summed E-state index contributed by atoms with van der Waals surface area (Å²) in [5, 5.41) is 23.3. The van der Waals surface area contributed by atoms with Crippen LogP contribution >= 0.6 is 0 Å². The van der Waals surface area contributed by atoms with E-state index in [1.54, 1.807) is 0 Å². The number of carbonyl (C=O) groups excluding carboxylic acids is 1. The van der Waals surface area contributed by atoms with E-state index in [1.165, 1.54) is 5.57 Å². The molecule has 0 heterocycles. The molecule has 0 aromatic heterocycles. The zero-order valence-corrected chi connectivity index (χ0v) is 28.3. The zero-order chi connectivity index (χ0) is 32.0. The third-order valence-electron chi connectivity index (χ3n) is 15.1. The Kier molecular flexibility index (Phi) is 7.82. The number of rotatable bonds is 7. The zero-order valence-electron chi connectivity index (χ0n) is 28.3. The molecule has 0 bridgehead atoms. The summed E-state index contributed by atoms with van der Waals surface area (Å²) in [5.41, 5.74) is 0.366. The molecule has 1 amide bonds. The van der Waals surface area contributed by atoms with Crippen LogP contribution in [0.2, 0.25) is 0 Å². The van der Waals surface area contributed by atoms with E-state index in [4.69, 9.17) is 0 Å². The molecule has 5 aliphatic rings. The Labute approximate surface area is 260 Å². The number of fused-ring (bicyclic) bond motifs is 7. The lowest BCUT2D eigenvalue weighted by Gasteiger charge is -2.73. The molecule has 0 saturated heterocycles. The first-order valence-electron chi connectivity index (χ1n) is 17.2. The Bertz CT molecular complexity index is 1190. The molecule has 0 radical (unpaired) electrons. The van der Waals surface area contributed by atoms with Crippen molar-refractivity contribution in [2.75, 3.05) is 0 Å². The number of amides is 1. The Morgan fingerprint density at radius 1 is 0.814 bits per heavy atom. The van der Waals surface area contributed by atoms with Crippen molar-refractivity contribution in [2.24, 2.45) is 62.1 Å². The molecule has 0 aromatic rings. The second-order valence-corrected chi connectivity index (χ2v) is 18.0. The van der Waals surface area contributed by atoms with Gasteiger partial charge < -0.3 is 15.5 Å². The highest BCUT2D eigenvalue weighted by molar-refractivity contribution is 5.78. The van der Waals surface area contributed by atoms with Crippen LogP contribution in [0.4, 0.5) is 0 Å². The Morgan fingerprint density at radius 3 is 2.09 bits per heavy atom. The van der Waals surface area contributed by atoms with Gasteiger partial charge in [-0.15, -0.1) is 0 Å². The highest BCUT2D eigenvalue weighted by Crippen LogP contribution is 2.77. The molecular formula is C37H59NO5. The summed E-state index contributed by atoms with van der Waals surface area (Å²) < 4.78 is 0. The Balaban J connectivity index is 1.40. The lowest BCUT2D eigenvalue weighted by molar-refractivity contribution is -0.240. The number of aliphatic carboxylic acids is 2. The van der Waals surface area contributed by atoms with Gasteiger partial charge in [-0.25, -0.2) is 0 Å². The SMILES string of the molecule is C=C(C)[C@@H]1CC[C@]2(C(=O)O)CC[C@]3(C)[C@H](CC[C@@H]4[C@@]5(C)CC[C@H](NC(=O)CC(C)(C)CC(=O)O)C(C)(C)[C@@H]5CC[C@]43C)[C@@H]12. The van der Waals surface area contributed by atoms with Gasteiger partial charge in [0.1, 0.15) is 0 Å². The molecule has 6 heteroatoms. The number of nitrogens with one attached hydrogen (secondary N) is 1.